The van der Waals surface area contributed by atoms with Gasteiger partial charge in [-0.2, -0.15) is 0 Å². The molecule has 2 heterocycles. The summed E-state index contributed by atoms with van der Waals surface area (Å²) in [6.07, 6.45) is 1.86. The molecule has 2 aromatic heterocycles. The summed E-state index contributed by atoms with van der Waals surface area (Å²) in [6, 6.07) is 14.0. The molecular weight excluding hydrogens is 440 g/mol. The molecule has 0 saturated heterocycles. The molecule has 1 aliphatic carbocycles. The Morgan fingerprint density at radius 3 is 2.55 bits per heavy atom. The lowest BCUT2D eigenvalue weighted by Crippen LogP contribution is -2.29. The Morgan fingerprint density at radius 1 is 1.09 bits per heavy atom. The largest absolute Gasteiger partial charge is 0.392 e. The van der Waals surface area contributed by atoms with Gasteiger partial charge in [0.25, 0.3) is 11.2 Å². The Hall–Kier alpha value is -4.16. The third-order valence-electron chi connectivity index (χ3n) is 5.59. The Balaban J connectivity index is 1.76. The predicted octanol–water partition coefficient (Wildman–Crippen LogP) is 4.11. The molecule has 5 N–H and O–H groups in total. The topological polar surface area (TPSA) is 129 Å². The Morgan fingerprint density at radius 2 is 1.85 bits per heavy atom. The van der Waals surface area contributed by atoms with Gasteiger partial charge in [0.2, 0.25) is 5.95 Å². The summed E-state index contributed by atoms with van der Waals surface area (Å²) < 4.78 is 1.57. The number of nitrogen functional groups attached to an aromatic ring is 2. The zero-order valence-electron chi connectivity index (χ0n) is 17.4. The van der Waals surface area contributed by atoms with Gasteiger partial charge in [0.15, 0.2) is 0 Å². The Kier molecular flexibility index (Phi) is 5.07. The number of para-hydroxylation sites is 1. The van der Waals surface area contributed by atoms with E-state index in [1.807, 2.05) is 30.3 Å². The maximum atomic E-state index is 13.7. The molecule has 0 unspecified atom stereocenters. The van der Waals surface area contributed by atoms with E-state index in [0.717, 1.165) is 12.8 Å². The number of benzene rings is 2. The van der Waals surface area contributed by atoms with Crippen LogP contribution in [0.2, 0.25) is 5.02 Å². The maximum Gasteiger partial charge on any atom is 0.268 e. The van der Waals surface area contributed by atoms with Gasteiger partial charge in [0.05, 0.1) is 34.2 Å². The lowest BCUT2D eigenvalue weighted by molar-refractivity contribution is 0.609. The molecule has 9 nitrogen and oxygen atoms in total. The number of nitrogens with two attached hydrogens (primary N) is 2. The van der Waals surface area contributed by atoms with Crippen molar-refractivity contribution >= 4 is 45.8 Å². The van der Waals surface area contributed by atoms with Gasteiger partial charge in [0, 0.05) is 0 Å². The molecule has 164 valence electrons. The van der Waals surface area contributed by atoms with Gasteiger partial charge in [0.1, 0.15) is 17.5 Å². The van der Waals surface area contributed by atoms with Crippen molar-refractivity contribution in [3.8, 4) is 5.69 Å². The van der Waals surface area contributed by atoms with Crippen LogP contribution >= 0.6 is 11.6 Å². The van der Waals surface area contributed by atoms with E-state index >= 15 is 0 Å². The summed E-state index contributed by atoms with van der Waals surface area (Å²) in [6.45, 7) is 7.51. The van der Waals surface area contributed by atoms with E-state index in [2.05, 4.69) is 20.1 Å². The van der Waals surface area contributed by atoms with E-state index in [0.29, 0.717) is 27.4 Å². The smallest absolute Gasteiger partial charge is 0.268 e. The third kappa shape index (κ3) is 3.70. The second-order valence-corrected chi connectivity index (χ2v) is 8.22. The number of aromatic nitrogens is 4. The summed E-state index contributed by atoms with van der Waals surface area (Å²) in [5.41, 5.74) is 12.7. The average Bonchev–Trinajstić information content (AvgIpc) is 3.63. The zero-order chi connectivity index (χ0) is 23.1. The van der Waals surface area contributed by atoms with Crippen molar-refractivity contribution in [3.05, 3.63) is 81.1 Å². The van der Waals surface area contributed by atoms with Crippen molar-refractivity contribution in [2.75, 3.05) is 16.8 Å². The third-order valence-corrected chi connectivity index (χ3v) is 5.91. The molecule has 10 heteroatoms. The number of nitrogens with zero attached hydrogens (tertiary/aromatic N) is 5. The predicted molar refractivity (Wildman–Crippen MR) is 129 cm³/mol. The maximum absolute atomic E-state index is 13.7. The second kappa shape index (κ2) is 8.07. The number of nitrogens with one attached hydrogen (secondary N) is 1. The first kappa shape index (κ1) is 20.7. The molecular formula is C23H19ClN8O. The summed E-state index contributed by atoms with van der Waals surface area (Å²) in [5, 5.41) is 3.98. The number of fused-ring (bicyclic) bond motifs is 1. The van der Waals surface area contributed by atoms with Crippen LogP contribution in [-0.2, 0) is 0 Å². The minimum absolute atomic E-state index is 0.00625. The zero-order valence-corrected chi connectivity index (χ0v) is 18.1. The van der Waals surface area contributed by atoms with Crippen LogP contribution in [0.5, 0.6) is 0 Å². The van der Waals surface area contributed by atoms with E-state index in [9.17, 15) is 4.79 Å². The van der Waals surface area contributed by atoms with E-state index in [1.165, 1.54) is 0 Å². The van der Waals surface area contributed by atoms with Gasteiger partial charge < -0.3 is 16.8 Å². The molecule has 1 atom stereocenters. The molecule has 5 rings (SSSR count). The first-order chi connectivity index (χ1) is 16.0. The van der Waals surface area contributed by atoms with Crippen molar-refractivity contribution in [2.45, 2.75) is 18.9 Å². The van der Waals surface area contributed by atoms with Crippen LogP contribution in [0.15, 0.2) is 53.3 Å². The highest BCUT2D eigenvalue weighted by atomic mass is 35.5. The SMILES string of the molecule is [C-]#[N+]c1c(N)nc(N)nc1N[C@H](c1nc2cccc(Cl)c2c(=O)n1-c1ccccc1)C1CC1. The molecule has 33 heavy (non-hydrogen) atoms. The van der Waals surface area contributed by atoms with Crippen molar-refractivity contribution in [1.82, 2.24) is 19.5 Å². The van der Waals surface area contributed by atoms with Gasteiger partial charge in [-0.25, -0.2) is 19.8 Å². The molecule has 0 bridgehead atoms. The lowest BCUT2D eigenvalue weighted by Gasteiger charge is -2.24. The van der Waals surface area contributed by atoms with E-state index in [-0.39, 0.29) is 34.7 Å². The molecule has 1 fully saturated rings. The van der Waals surface area contributed by atoms with Crippen LogP contribution in [0.25, 0.3) is 21.4 Å². The highest BCUT2D eigenvalue weighted by molar-refractivity contribution is 6.35. The van der Waals surface area contributed by atoms with Gasteiger partial charge in [-0.3, -0.25) is 9.36 Å². The van der Waals surface area contributed by atoms with Gasteiger partial charge in [-0.05, 0) is 43.0 Å². The van der Waals surface area contributed by atoms with Crippen molar-refractivity contribution < 1.29 is 0 Å². The fraction of sp³-hybridized carbons (Fsp3) is 0.174. The number of hydrogen-bond acceptors (Lipinski definition) is 7. The standard InChI is InChI=1S/C23H19ClN8O/c1-27-18-19(25)30-23(26)31-20(18)29-17(12-10-11-12)21-28-15-9-5-8-14(24)16(15)22(33)32(21)13-6-3-2-4-7-13/h2-9,12,17H,10-11H2,(H5,25,26,29,30,31)/t17-/m0/s1. The van der Waals surface area contributed by atoms with Crippen LogP contribution in [0.1, 0.15) is 24.7 Å². The number of anilines is 3. The molecule has 1 aliphatic rings. The van der Waals surface area contributed by atoms with Crippen LogP contribution in [-0.4, -0.2) is 19.5 Å². The highest BCUT2D eigenvalue weighted by Gasteiger charge is 2.37. The lowest BCUT2D eigenvalue weighted by atomic mass is 10.1. The minimum atomic E-state index is -0.421. The van der Waals surface area contributed by atoms with Crippen LogP contribution in [0, 0.1) is 12.5 Å². The fourth-order valence-electron chi connectivity index (χ4n) is 3.91. The Labute approximate surface area is 193 Å². The normalized spacial score (nSPS) is 14.1. The number of halogens is 1. The van der Waals surface area contributed by atoms with Gasteiger partial charge >= 0.3 is 0 Å². The van der Waals surface area contributed by atoms with Crippen LogP contribution in [0.4, 0.5) is 23.3 Å². The quantitative estimate of drug-likeness (QED) is 0.384. The average molecular weight is 459 g/mol. The van der Waals surface area contributed by atoms with Crippen LogP contribution in [0.3, 0.4) is 0 Å². The number of hydrogen-bond donors (Lipinski definition) is 3. The molecule has 0 spiro atoms. The highest BCUT2D eigenvalue weighted by Crippen LogP contribution is 2.44. The fourth-order valence-corrected chi connectivity index (χ4v) is 4.16. The monoisotopic (exact) mass is 458 g/mol. The number of rotatable bonds is 5. The van der Waals surface area contributed by atoms with Gasteiger partial charge in [-0.15, -0.1) is 0 Å². The molecule has 1 saturated carbocycles. The molecule has 0 amide bonds. The van der Waals surface area contributed by atoms with E-state index in [1.54, 1.807) is 22.8 Å². The van der Waals surface area contributed by atoms with Crippen molar-refractivity contribution in [3.63, 3.8) is 0 Å². The summed E-state index contributed by atoms with van der Waals surface area (Å²) in [7, 11) is 0. The summed E-state index contributed by atoms with van der Waals surface area (Å²) in [4.78, 5) is 30.1. The van der Waals surface area contributed by atoms with E-state index < -0.39 is 6.04 Å². The Bertz CT molecular complexity index is 1470. The molecule has 0 aliphatic heterocycles. The van der Waals surface area contributed by atoms with Crippen LogP contribution < -0.4 is 22.3 Å². The van der Waals surface area contributed by atoms with Crippen molar-refractivity contribution in [2.24, 2.45) is 5.92 Å². The van der Waals surface area contributed by atoms with Crippen molar-refractivity contribution in [1.29, 1.82) is 0 Å². The van der Waals surface area contributed by atoms with E-state index in [4.69, 9.17) is 34.6 Å². The first-order valence-corrected chi connectivity index (χ1v) is 10.7. The first-order valence-electron chi connectivity index (χ1n) is 10.3. The van der Waals surface area contributed by atoms with Gasteiger partial charge in [-0.1, -0.05) is 35.9 Å². The molecule has 0 radical (unpaired) electrons. The minimum Gasteiger partial charge on any atom is -0.392 e. The molecule has 2 aromatic carbocycles. The summed E-state index contributed by atoms with van der Waals surface area (Å²) >= 11 is 6.39. The second-order valence-electron chi connectivity index (χ2n) is 7.82. The summed E-state index contributed by atoms with van der Waals surface area (Å²) in [5.74, 6) is 0.838. The molecule has 4 aromatic rings.